The number of carbonyl (C=O) groups is 2. The highest BCUT2D eigenvalue weighted by molar-refractivity contribution is 5.81. The smallest absolute Gasteiger partial charge is 0.411 e. The molecule has 0 spiro atoms. The van der Waals surface area contributed by atoms with E-state index in [1.807, 2.05) is 0 Å². The van der Waals surface area contributed by atoms with Crippen LogP contribution in [0.2, 0.25) is 0 Å². The normalized spacial score (nSPS) is 20.2. The molecule has 1 amide bonds. The minimum Gasteiger partial charge on any atom is -0.488 e. The number of aliphatic carboxylic acids is 1. The topological polar surface area (TPSA) is 119 Å². The van der Waals surface area contributed by atoms with E-state index in [0.29, 0.717) is 0 Å². The summed E-state index contributed by atoms with van der Waals surface area (Å²) < 4.78 is 10.9. The van der Waals surface area contributed by atoms with Crippen molar-refractivity contribution < 1.29 is 29.1 Å². The lowest BCUT2D eigenvalue weighted by Crippen LogP contribution is -2.43. The maximum atomic E-state index is 12.2. The second-order valence-corrected chi connectivity index (χ2v) is 6.72. The highest BCUT2D eigenvalue weighted by Gasteiger charge is 2.42. The Hall–Kier alpha value is -2.84. The predicted octanol–water partition coefficient (Wildman–Crippen LogP) is 2.44. The fourth-order valence-electron chi connectivity index (χ4n) is 2.50. The van der Waals surface area contributed by atoms with E-state index in [4.69, 9.17) is 9.47 Å². The van der Waals surface area contributed by atoms with Gasteiger partial charge in [0.25, 0.3) is 5.69 Å². The zero-order valence-electron chi connectivity index (χ0n) is 14.2. The molecule has 2 rings (SSSR count). The van der Waals surface area contributed by atoms with Crippen molar-refractivity contribution in [3.8, 4) is 5.75 Å². The number of carboxylic acids is 1. The average Bonchev–Trinajstić information content (AvgIpc) is 2.90. The monoisotopic (exact) mass is 352 g/mol. The van der Waals surface area contributed by atoms with Crippen LogP contribution < -0.4 is 4.74 Å². The first-order chi connectivity index (χ1) is 11.6. The minimum atomic E-state index is -1.16. The molecule has 1 aliphatic heterocycles. The van der Waals surface area contributed by atoms with Gasteiger partial charge in [0, 0.05) is 12.5 Å². The first kappa shape index (κ1) is 18.5. The van der Waals surface area contributed by atoms with Crippen molar-refractivity contribution in [3.63, 3.8) is 0 Å². The number of hydrogen-bond donors (Lipinski definition) is 1. The fraction of sp³-hybridized carbons (Fsp3) is 0.500. The number of likely N-dealkylation sites (tertiary alicyclic amines) is 1. The van der Waals surface area contributed by atoms with E-state index in [1.54, 1.807) is 26.8 Å². The number of benzene rings is 1. The zero-order chi connectivity index (χ0) is 18.8. The summed E-state index contributed by atoms with van der Waals surface area (Å²) in [6.07, 6.45) is -1.27. The van der Waals surface area contributed by atoms with Gasteiger partial charge in [-0.2, -0.15) is 0 Å². The summed E-state index contributed by atoms with van der Waals surface area (Å²) in [6, 6.07) is 4.53. The summed E-state index contributed by atoms with van der Waals surface area (Å²) in [7, 11) is 0. The molecule has 2 unspecified atom stereocenters. The number of nitro benzene ring substituents is 1. The first-order valence-corrected chi connectivity index (χ1v) is 7.70. The van der Waals surface area contributed by atoms with Gasteiger partial charge >= 0.3 is 12.1 Å². The third-order valence-corrected chi connectivity index (χ3v) is 3.51. The van der Waals surface area contributed by atoms with Crippen LogP contribution in [0, 0.1) is 10.1 Å². The van der Waals surface area contributed by atoms with Crippen molar-refractivity contribution in [2.75, 3.05) is 6.54 Å². The van der Waals surface area contributed by atoms with E-state index in [0.717, 1.165) is 4.90 Å². The average molecular weight is 352 g/mol. The number of nitrogens with zero attached hydrogens (tertiary/aromatic N) is 2. The number of amides is 1. The minimum absolute atomic E-state index is 0.0224. The fourth-order valence-corrected chi connectivity index (χ4v) is 2.50. The Balaban J connectivity index is 2.11. The maximum Gasteiger partial charge on any atom is 0.411 e. The molecular weight excluding hydrogens is 332 g/mol. The molecule has 1 heterocycles. The van der Waals surface area contributed by atoms with Crippen molar-refractivity contribution >= 4 is 17.7 Å². The van der Waals surface area contributed by atoms with Crippen molar-refractivity contribution in [2.45, 2.75) is 44.9 Å². The van der Waals surface area contributed by atoms with E-state index in [-0.39, 0.29) is 24.4 Å². The van der Waals surface area contributed by atoms with Gasteiger partial charge in [0.2, 0.25) is 0 Å². The third kappa shape index (κ3) is 4.82. The Morgan fingerprint density at radius 2 is 2.04 bits per heavy atom. The van der Waals surface area contributed by atoms with Crippen LogP contribution in [-0.4, -0.2) is 51.3 Å². The molecule has 0 bridgehead atoms. The van der Waals surface area contributed by atoms with Gasteiger partial charge in [0.1, 0.15) is 23.5 Å². The van der Waals surface area contributed by atoms with Gasteiger partial charge in [-0.3, -0.25) is 15.0 Å². The van der Waals surface area contributed by atoms with Crippen molar-refractivity contribution in [1.82, 2.24) is 4.90 Å². The molecule has 1 aromatic carbocycles. The maximum absolute atomic E-state index is 12.2. The van der Waals surface area contributed by atoms with Crippen LogP contribution in [-0.2, 0) is 9.53 Å². The number of non-ortho nitro benzene ring substituents is 1. The summed E-state index contributed by atoms with van der Waals surface area (Å²) in [5, 5.41) is 20.1. The molecular formula is C16H20N2O7. The third-order valence-electron chi connectivity index (χ3n) is 3.51. The SMILES string of the molecule is CC(C)(C)OC(=O)N1CC(Oc2cccc([N+](=O)[O-])c2)CC1C(=O)O. The highest BCUT2D eigenvalue weighted by atomic mass is 16.6. The largest absolute Gasteiger partial charge is 0.488 e. The number of hydrogen-bond acceptors (Lipinski definition) is 6. The van der Waals surface area contributed by atoms with Gasteiger partial charge in [0.15, 0.2) is 0 Å². The number of rotatable bonds is 4. The van der Waals surface area contributed by atoms with Gasteiger partial charge in [-0.15, -0.1) is 0 Å². The van der Waals surface area contributed by atoms with Gasteiger partial charge in [-0.1, -0.05) is 6.07 Å². The van der Waals surface area contributed by atoms with Gasteiger partial charge < -0.3 is 14.6 Å². The molecule has 1 aromatic rings. The summed E-state index contributed by atoms with van der Waals surface area (Å²) in [4.78, 5) is 35.0. The van der Waals surface area contributed by atoms with E-state index in [1.165, 1.54) is 18.2 Å². The quantitative estimate of drug-likeness (QED) is 0.653. The molecule has 0 radical (unpaired) electrons. The molecule has 25 heavy (non-hydrogen) atoms. The number of carboxylic acid groups (broad SMARTS) is 1. The Labute approximate surface area is 144 Å². The van der Waals surface area contributed by atoms with E-state index in [9.17, 15) is 24.8 Å². The molecule has 1 fully saturated rings. The Morgan fingerprint density at radius 1 is 1.36 bits per heavy atom. The van der Waals surface area contributed by atoms with Gasteiger partial charge in [-0.05, 0) is 26.8 Å². The second kappa shape index (κ2) is 6.96. The lowest BCUT2D eigenvalue weighted by Gasteiger charge is -2.26. The molecule has 0 saturated carbocycles. The molecule has 9 nitrogen and oxygen atoms in total. The van der Waals surface area contributed by atoms with Crippen LogP contribution in [0.5, 0.6) is 5.75 Å². The molecule has 1 saturated heterocycles. The Morgan fingerprint density at radius 3 is 2.60 bits per heavy atom. The Bertz CT molecular complexity index is 683. The van der Waals surface area contributed by atoms with Gasteiger partial charge in [-0.25, -0.2) is 9.59 Å². The summed E-state index contributed by atoms with van der Waals surface area (Å²) in [5.41, 5.74) is -0.881. The standard InChI is InChI=1S/C16H20N2O7/c1-16(2,3)25-15(21)17-9-12(8-13(17)14(19)20)24-11-6-4-5-10(7-11)18(22)23/h4-7,12-13H,8-9H2,1-3H3,(H,19,20). The number of ether oxygens (including phenoxy) is 2. The predicted molar refractivity (Wildman–Crippen MR) is 86.5 cm³/mol. The molecule has 9 heteroatoms. The molecule has 0 aliphatic carbocycles. The van der Waals surface area contributed by atoms with Crippen LogP contribution >= 0.6 is 0 Å². The van der Waals surface area contributed by atoms with Crippen molar-refractivity contribution in [2.24, 2.45) is 0 Å². The second-order valence-electron chi connectivity index (χ2n) is 6.72. The molecule has 2 atom stereocenters. The number of carbonyl (C=O) groups excluding carboxylic acids is 1. The van der Waals surface area contributed by atoms with E-state index in [2.05, 4.69) is 0 Å². The molecule has 1 aliphatic rings. The molecule has 1 N–H and O–H groups in total. The zero-order valence-corrected chi connectivity index (χ0v) is 14.2. The molecule has 136 valence electrons. The lowest BCUT2D eigenvalue weighted by molar-refractivity contribution is -0.384. The summed E-state index contributed by atoms with van der Waals surface area (Å²) >= 11 is 0. The molecule has 0 aromatic heterocycles. The summed E-state index contributed by atoms with van der Waals surface area (Å²) in [6.45, 7) is 5.09. The van der Waals surface area contributed by atoms with Crippen LogP contribution in [0.1, 0.15) is 27.2 Å². The first-order valence-electron chi connectivity index (χ1n) is 7.70. The lowest BCUT2D eigenvalue weighted by atomic mass is 10.2. The van der Waals surface area contributed by atoms with Crippen molar-refractivity contribution in [3.05, 3.63) is 34.4 Å². The van der Waals surface area contributed by atoms with E-state index >= 15 is 0 Å². The highest BCUT2D eigenvalue weighted by Crippen LogP contribution is 2.27. The van der Waals surface area contributed by atoms with Crippen molar-refractivity contribution in [1.29, 1.82) is 0 Å². The van der Waals surface area contributed by atoms with Crippen LogP contribution in [0.3, 0.4) is 0 Å². The van der Waals surface area contributed by atoms with Crippen LogP contribution in [0.25, 0.3) is 0 Å². The van der Waals surface area contributed by atoms with E-state index < -0.39 is 34.7 Å². The van der Waals surface area contributed by atoms with Gasteiger partial charge in [0.05, 0.1) is 17.5 Å². The van der Waals surface area contributed by atoms with Crippen LogP contribution in [0.15, 0.2) is 24.3 Å². The summed E-state index contributed by atoms with van der Waals surface area (Å²) in [5.74, 6) is -0.912. The van der Waals surface area contributed by atoms with Crippen LogP contribution in [0.4, 0.5) is 10.5 Å². The Kier molecular flexibility index (Phi) is 5.15. The number of nitro groups is 1.